The van der Waals surface area contributed by atoms with Gasteiger partial charge in [0.15, 0.2) is 0 Å². The fourth-order valence-corrected chi connectivity index (χ4v) is 12.1. The van der Waals surface area contributed by atoms with E-state index in [1.807, 2.05) is 0 Å². The average Bonchev–Trinajstić information content (AvgIpc) is 3.35. The molecule has 26 heavy (non-hydrogen) atoms. The van der Waals surface area contributed by atoms with Gasteiger partial charge in [-0.3, -0.25) is 0 Å². The fraction of sp³-hybridized carbons (Fsp3) is 0.0909. The van der Waals surface area contributed by atoms with Crippen molar-refractivity contribution in [1.29, 1.82) is 0 Å². The van der Waals surface area contributed by atoms with Crippen LogP contribution in [0.3, 0.4) is 0 Å². The Morgan fingerprint density at radius 2 is 1.04 bits per heavy atom. The van der Waals surface area contributed by atoms with Gasteiger partial charge in [-0.15, -0.1) is 24.8 Å². The van der Waals surface area contributed by atoms with Gasteiger partial charge in [-0.1, -0.05) is 0 Å². The van der Waals surface area contributed by atoms with Crippen LogP contribution in [0, 0.1) is 0 Å². The van der Waals surface area contributed by atoms with Crippen LogP contribution in [0.2, 0.25) is 0 Å². The number of hydrogen-bond acceptors (Lipinski definition) is 0. The summed E-state index contributed by atoms with van der Waals surface area (Å²) in [5.74, 6) is 0. The smallest absolute Gasteiger partial charge is 0.147 e. The Labute approximate surface area is 173 Å². The Hall–Kier alpha value is -1.07. The van der Waals surface area contributed by atoms with Crippen molar-refractivity contribution in [2.75, 3.05) is 0 Å². The standard InChI is InChI=1S/C12H10P.2C5H5.2ClH.Fe/c1-3-7-11(8-4-1)13-12-9-5-2-6-10-12;2*1-2-4-5-3-1;;;/h1-10H;2*1-3H,4H2;2*1H;/q-1;;;;;+1. The molecule has 0 saturated heterocycles. The van der Waals surface area contributed by atoms with E-state index < -0.39 is 13.5 Å². The van der Waals surface area contributed by atoms with Crippen molar-refractivity contribution in [1.82, 2.24) is 0 Å². The summed E-state index contributed by atoms with van der Waals surface area (Å²) in [6, 6.07) is 22.3. The van der Waals surface area contributed by atoms with Crippen LogP contribution in [-0.2, 0) is 13.5 Å². The summed E-state index contributed by atoms with van der Waals surface area (Å²) in [6.45, 7) is -0.370. The molecule has 0 heterocycles. The fourth-order valence-electron chi connectivity index (χ4n) is 2.87. The molecule has 0 spiro atoms. The van der Waals surface area contributed by atoms with Gasteiger partial charge in [0.1, 0.15) is 0 Å². The van der Waals surface area contributed by atoms with Crippen LogP contribution in [0.25, 0.3) is 0 Å². The van der Waals surface area contributed by atoms with Crippen LogP contribution < -0.4 is 10.6 Å². The van der Waals surface area contributed by atoms with Crippen LogP contribution in [-0.4, -0.2) is 0 Å². The molecule has 4 heteroatoms. The first-order chi connectivity index (χ1) is 11.9. The summed E-state index contributed by atoms with van der Waals surface area (Å²) in [4.78, 5) is 0. The van der Waals surface area contributed by atoms with Gasteiger partial charge >= 0.3 is 150 Å². The molecule has 0 fully saturated rings. The molecular weight excluding hydrogens is 422 g/mol. The summed E-state index contributed by atoms with van der Waals surface area (Å²) in [5.41, 5.74) is 0. The molecule has 0 saturated carbocycles. The zero-order valence-electron chi connectivity index (χ0n) is 14.3. The number of benzene rings is 2. The number of allylic oxidation sites excluding steroid dienone is 8. The van der Waals surface area contributed by atoms with Crippen LogP contribution in [0.15, 0.2) is 106 Å². The predicted octanol–water partition coefficient (Wildman–Crippen LogP) is 6.18. The second kappa shape index (κ2) is 10.3. The van der Waals surface area contributed by atoms with Crippen molar-refractivity contribution in [3.63, 3.8) is 0 Å². The van der Waals surface area contributed by atoms with Gasteiger partial charge in [0.25, 0.3) is 0 Å². The normalized spacial score (nSPS) is 15.2. The minimum Gasteiger partial charge on any atom is -0.147 e. The van der Waals surface area contributed by atoms with Crippen molar-refractivity contribution >= 4 is 42.0 Å². The monoisotopic (exact) mass is 443 g/mol. The molecule has 2 aliphatic rings. The Morgan fingerprint density at radius 3 is 1.38 bits per heavy atom. The average molecular weight is 444 g/mol. The molecular formula is C22H22Cl2FeP. The van der Waals surface area contributed by atoms with Gasteiger partial charge in [0, 0.05) is 0 Å². The van der Waals surface area contributed by atoms with Gasteiger partial charge in [0.05, 0.1) is 0 Å². The molecule has 0 aromatic heterocycles. The van der Waals surface area contributed by atoms with E-state index in [4.69, 9.17) is 0 Å². The third-order valence-electron chi connectivity index (χ3n) is 3.98. The SMILES string of the molecule is C1=CC[C]([Fe]([C]2=CC=CC2)[P](c2ccccc2)c2ccccc2)=C1.Cl.Cl. The Kier molecular flexibility index (Phi) is 8.42. The van der Waals surface area contributed by atoms with E-state index in [2.05, 4.69) is 97.1 Å². The topological polar surface area (TPSA) is 0 Å². The molecule has 0 aliphatic heterocycles. The van der Waals surface area contributed by atoms with Crippen LogP contribution in [0.5, 0.6) is 0 Å². The van der Waals surface area contributed by atoms with Crippen LogP contribution >= 0.6 is 31.4 Å². The first kappa shape index (κ1) is 21.2. The van der Waals surface area contributed by atoms with E-state index in [0.29, 0.717) is 0 Å². The van der Waals surface area contributed by atoms with Crippen molar-refractivity contribution in [3.8, 4) is 0 Å². The summed E-state index contributed by atoms with van der Waals surface area (Å²) >= 11 is -0.549. The molecule has 0 atom stereocenters. The second-order valence-electron chi connectivity index (χ2n) is 5.65. The largest absolute Gasteiger partial charge is 0.147 e. The molecule has 0 amide bonds. The maximum atomic E-state index is 2.38. The first-order valence-electron chi connectivity index (χ1n) is 8.21. The minimum atomic E-state index is -0.549. The third-order valence-corrected chi connectivity index (χ3v) is 12.8. The van der Waals surface area contributed by atoms with Crippen LogP contribution in [0.4, 0.5) is 0 Å². The van der Waals surface area contributed by atoms with E-state index >= 15 is 0 Å². The number of rotatable bonds is 5. The van der Waals surface area contributed by atoms with Crippen molar-refractivity contribution in [2.45, 2.75) is 12.8 Å². The van der Waals surface area contributed by atoms with Crippen molar-refractivity contribution in [3.05, 3.63) is 106 Å². The summed E-state index contributed by atoms with van der Waals surface area (Å²) in [6.07, 6.45) is 16.1. The van der Waals surface area contributed by atoms with E-state index in [1.165, 1.54) is 10.6 Å². The van der Waals surface area contributed by atoms with E-state index in [-0.39, 0.29) is 31.4 Å². The molecule has 2 aromatic carbocycles. The summed E-state index contributed by atoms with van der Waals surface area (Å²) in [7, 11) is 0. The van der Waals surface area contributed by atoms with Crippen molar-refractivity contribution < 1.29 is 13.5 Å². The molecule has 0 unspecified atom stereocenters. The third kappa shape index (κ3) is 4.61. The molecule has 0 N–H and O–H groups in total. The number of halogens is 2. The van der Waals surface area contributed by atoms with Gasteiger partial charge in [-0.2, -0.15) is 0 Å². The van der Waals surface area contributed by atoms with Gasteiger partial charge in [0.2, 0.25) is 0 Å². The van der Waals surface area contributed by atoms with Gasteiger partial charge in [-0.25, -0.2) is 0 Å². The molecule has 0 radical (unpaired) electrons. The number of hydrogen-bond donors (Lipinski definition) is 0. The minimum absolute atomic E-state index is 0. The van der Waals surface area contributed by atoms with Crippen LogP contribution in [0.1, 0.15) is 12.8 Å². The quantitative estimate of drug-likeness (QED) is 0.382. The van der Waals surface area contributed by atoms with Gasteiger partial charge < -0.3 is 0 Å². The summed E-state index contributed by atoms with van der Waals surface area (Å²) < 4.78 is 3.28. The van der Waals surface area contributed by atoms with E-state index in [0.717, 1.165) is 12.8 Å². The molecule has 4 rings (SSSR count). The zero-order valence-corrected chi connectivity index (χ0v) is 17.9. The maximum absolute atomic E-state index is 2.38. The zero-order chi connectivity index (χ0) is 16.2. The molecule has 2 aliphatic carbocycles. The Bertz CT molecular complexity index is 756. The second-order valence-corrected chi connectivity index (χ2v) is 12.2. The Morgan fingerprint density at radius 1 is 0.615 bits per heavy atom. The maximum Gasteiger partial charge on any atom is -0.147 e. The Balaban J connectivity index is 0.00000121. The summed E-state index contributed by atoms with van der Waals surface area (Å²) in [5, 5.41) is 3.00. The predicted molar refractivity (Wildman–Crippen MR) is 117 cm³/mol. The van der Waals surface area contributed by atoms with E-state index in [1.54, 1.807) is 8.94 Å². The first-order valence-corrected chi connectivity index (χ1v) is 12.0. The molecule has 2 aromatic rings. The van der Waals surface area contributed by atoms with E-state index in [9.17, 15) is 0 Å². The molecule has 0 nitrogen and oxygen atoms in total. The molecule has 0 bridgehead atoms. The van der Waals surface area contributed by atoms with Gasteiger partial charge in [-0.05, 0) is 0 Å². The van der Waals surface area contributed by atoms with Crippen molar-refractivity contribution in [2.24, 2.45) is 0 Å². The molecule has 137 valence electrons.